The molecular formula is C26H21F2N5. The number of hydrogen-bond donors (Lipinski definition) is 1. The fourth-order valence-electron chi connectivity index (χ4n) is 3.72. The Kier molecular flexibility index (Phi) is 5.52. The molecule has 2 aromatic carbocycles. The van der Waals surface area contributed by atoms with Gasteiger partial charge in [0.2, 0.25) is 5.95 Å². The summed E-state index contributed by atoms with van der Waals surface area (Å²) < 4.78 is 28.7. The van der Waals surface area contributed by atoms with Crippen molar-refractivity contribution in [2.24, 2.45) is 0 Å². The maximum atomic E-state index is 13.6. The van der Waals surface area contributed by atoms with Crippen LogP contribution in [0.3, 0.4) is 0 Å². The summed E-state index contributed by atoms with van der Waals surface area (Å²) in [5.74, 6) is -0.127. The maximum Gasteiger partial charge on any atom is 0.223 e. The summed E-state index contributed by atoms with van der Waals surface area (Å²) in [4.78, 5) is 13.9. The molecule has 0 fully saturated rings. The smallest absolute Gasteiger partial charge is 0.223 e. The predicted octanol–water partition coefficient (Wildman–Crippen LogP) is 5.91. The third-order valence-corrected chi connectivity index (χ3v) is 5.48. The number of rotatable bonds is 6. The molecule has 0 aliphatic heterocycles. The zero-order chi connectivity index (χ0) is 22.8. The SMILES string of the molecule is CCc1ccn2c(-c3ccnc(NCc4ccc(F)cc4)n3)c(-c3ccc(F)cc3)nc2c1. The van der Waals surface area contributed by atoms with Gasteiger partial charge in [-0.1, -0.05) is 19.1 Å². The van der Waals surface area contributed by atoms with Gasteiger partial charge in [-0.05, 0) is 72.1 Å². The monoisotopic (exact) mass is 441 g/mol. The van der Waals surface area contributed by atoms with Gasteiger partial charge in [0.05, 0.1) is 17.1 Å². The van der Waals surface area contributed by atoms with Crippen LogP contribution in [0.4, 0.5) is 14.7 Å². The van der Waals surface area contributed by atoms with Gasteiger partial charge >= 0.3 is 0 Å². The van der Waals surface area contributed by atoms with Crippen molar-refractivity contribution in [3.8, 4) is 22.6 Å². The number of pyridine rings is 1. The fourth-order valence-corrected chi connectivity index (χ4v) is 3.72. The molecule has 0 saturated heterocycles. The molecule has 5 aromatic rings. The second kappa shape index (κ2) is 8.78. The second-order valence-electron chi connectivity index (χ2n) is 7.68. The predicted molar refractivity (Wildman–Crippen MR) is 125 cm³/mol. The first-order chi connectivity index (χ1) is 16.1. The number of halogens is 2. The van der Waals surface area contributed by atoms with E-state index >= 15 is 0 Å². The van der Waals surface area contributed by atoms with E-state index in [1.54, 1.807) is 30.5 Å². The molecule has 0 amide bonds. The van der Waals surface area contributed by atoms with Crippen LogP contribution in [0.5, 0.6) is 0 Å². The average Bonchev–Trinajstić information content (AvgIpc) is 3.23. The molecule has 33 heavy (non-hydrogen) atoms. The van der Waals surface area contributed by atoms with Crippen LogP contribution in [0.25, 0.3) is 28.3 Å². The Bertz CT molecular complexity index is 1410. The Morgan fingerprint density at radius 3 is 2.30 bits per heavy atom. The van der Waals surface area contributed by atoms with Gasteiger partial charge in [0, 0.05) is 24.5 Å². The van der Waals surface area contributed by atoms with Gasteiger partial charge in [-0.3, -0.25) is 4.40 Å². The summed E-state index contributed by atoms with van der Waals surface area (Å²) in [6, 6.07) is 18.5. The Morgan fingerprint density at radius 2 is 1.58 bits per heavy atom. The number of nitrogens with zero attached hydrogens (tertiary/aromatic N) is 4. The van der Waals surface area contributed by atoms with E-state index in [0.717, 1.165) is 28.9 Å². The van der Waals surface area contributed by atoms with E-state index < -0.39 is 0 Å². The summed E-state index contributed by atoms with van der Waals surface area (Å²) in [6.07, 6.45) is 4.57. The topological polar surface area (TPSA) is 55.1 Å². The first kappa shape index (κ1) is 20.8. The molecule has 5 nitrogen and oxygen atoms in total. The number of imidazole rings is 1. The highest BCUT2D eigenvalue weighted by molar-refractivity contribution is 5.80. The zero-order valence-electron chi connectivity index (χ0n) is 18.0. The lowest BCUT2D eigenvalue weighted by atomic mass is 10.1. The van der Waals surface area contributed by atoms with Crippen molar-refractivity contribution >= 4 is 11.6 Å². The lowest BCUT2D eigenvalue weighted by Gasteiger charge is -2.09. The molecule has 3 aromatic heterocycles. The number of benzene rings is 2. The molecule has 0 saturated carbocycles. The van der Waals surface area contributed by atoms with Crippen molar-refractivity contribution in [2.45, 2.75) is 19.9 Å². The third kappa shape index (κ3) is 4.30. The molecule has 1 N–H and O–H groups in total. The van der Waals surface area contributed by atoms with Crippen molar-refractivity contribution in [3.05, 3.63) is 102 Å². The number of fused-ring (bicyclic) bond motifs is 1. The number of nitrogens with one attached hydrogen (secondary N) is 1. The van der Waals surface area contributed by atoms with Crippen molar-refractivity contribution in [1.29, 1.82) is 0 Å². The summed E-state index contributed by atoms with van der Waals surface area (Å²) in [5, 5.41) is 3.19. The number of aryl methyl sites for hydroxylation is 1. The van der Waals surface area contributed by atoms with Gasteiger partial charge in [0.15, 0.2) is 0 Å². The molecule has 0 bridgehead atoms. The Labute approximate surface area is 189 Å². The van der Waals surface area contributed by atoms with E-state index in [1.807, 2.05) is 22.7 Å². The van der Waals surface area contributed by atoms with Gasteiger partial charge in [-0.25, -0.2) is 23.7 Å². The lowest BCUT2D eigenvalue weighted by Crippen LogP contribution is -2.04. The van der Waals surface area contributed by atoms with Crippen molar-refractivity contribution < 1.29 is 8.78 Å². The van der Waals surface area contributed by atoms with Crippen LogP contribution in [0.2, 0.25) is 0 Å². The molecule has 0 aliphatic rings. The van der Waals surface area contributed by atoms with Crippen LogP contribution in [-0.2, 0) is 13.0 Å². The molecule has 0 spiro atoms. The van der Waals surface area contributed by atoms with E-state index in [2.05, 4.69) is 23.3 Å². The van der Waals surface area contributed by atoms with Crippen molar-refractivity contribution in [1.82, 2.24) is 19.4 Å². The van der Waals surface area contributed by atoms with Gasteiger partial charge in [0.25, 0.3) is 0 Å². The van der Waals surface area contributed by atoms with Crippen molar-refractivity contribution in [3.63, 3.8) is 0 Å². The second-order valence-corrected chi connectivity index (χ2v) is 7.68. The van der Waals surface area contributed by atoms with Crippen LogP contribution in [0.1, 0.15) is 18.1 Å². The molecule has 0 aliphatic carbocycles. The van der Waals surface area contributed by atoms with Crippen LogP contribution < -0.4 is 5.32 Å². The molecule has 7 heteroatoms. The summed E-state index contributed by atoms with van der Waals surface area (Å²) in [6.45, 7) is 2.56. The summed E-state index contributed by atoms with van der Waals surface area (Å²) in [5.41, 5.74) is 5.88. The largest absolute Gasteiger partial charge is 0.350 e. The number of aromatic nitrogens is 4. The first-order valence-corrected chi connectivity index (χ1v) is 10.7. The van der Waals surface area contributed by atoms with Gasteiger partial charge in [-0.15, -0.1) is 0 Å². The minimum absolute atomic E-state index is 0.274. The summed E-state index contributed by atoms with van der Waals surface area (Å²) in [7, 11) is 0. The Balaban J connectivity index is 1.56. The average molecular weight is 441 g/mol. The molecule has 3 heterocycles. The maximum absolute atomic E-state index is 13.6. The van der Waals surface area contributed by atoms with E-state index in [-0.39, 0.29) is 11.6 Å². The van der Waals surface area contributed by atoms with Crippen LogP contribution >= 0.6 is 0 Å². The fraction of sp³-hybridized carbons (Fsp3) is 0.115. The lowest BCUT2D eigenvalue weighted by molar-refractivity contribution is 0.627. The molecule has 0 unspecified atom stereocenters. The Hall–Kier alpha value is -4.13. The minimum Gasteiger partial charge on any atom is -0.350 e. The first-order valence-electron chi connectivity index (χ1n) is 10.7. The standard InChI is InChI=1S/C26H21F2N5/c1-2-17-12-14-33-23(15-17)32-24(19-5-9-21(28)10-6-19)25(33)22-11-13-29-26(31-22)30-16-18-3-7-20(27)8-4-18/h3-15H,2,16H2,1H3,(H,29,30,31). The Morgan fingerprint density at radius 1 is 0.848 bits per heavy atom. The number of hydrogen-bond acceptors (Lipinski definition) is 4. The summed E-state index contributed by atoms with van der Waals surface area (Å²) >= 11 is 0. The van der Waals surface area contributed by atoms with Crippen molar-refractivity contribution in [2.75, 3.05) is 5.32 Å². The number of anilines is 1. The van der Waals surface area contributed by atoms with E-state index in [4.69, 9.17) is 9.97 Å². The molecular weight excluding hydrogens is 420 g/mol. The zero-order valence-corrected chi connectivity index (χ0v) is 18.0. The van der Waals surface area contributed by atoms with Gasteiger partial charge in [0.1, 0.15) is 17.3 Å². The molecule has 5 rings (SSSR count). The van der Waals surface area contributed by atoms with Crippen LogP contribution in [-0.4, -0.2) is 19.4 Å². The minimum atomic E-state index is -0.299. The third-order valence-electron chi connectivity index (χ3n) is 5.48. The molecule has 164 valence electrons. The normalized spacial score (nSPS) is 11.1. The van der Waals surface area contributed by atoms with E-state index in [0.29, 0.717) is 23.9 Å². The van der Waals surface area contributed by atoms with Crippen LogP contribution in [0.15, 0.2) is 79.1 Å². The highest BCUT2D eigenvalue weighted by Crippen LogP contribution is 2.32. The van der Waals surface area contributed by atoms with E-state index in [1.165, 1.54) is 29.8 Å². The van der Waals surface area contributed by atoms with Gasteiger partial charge < -0.3 is 5.32 Å². The highest BCUT2D eigenvalue weighted by atomic mass is 19.1. The molecule has 0 radical (unpaired) electrons. The highest BCUT2D eigenvalue weighted by Gasteiger charge is 2.18. The molecule has 0 atom stereocenters. The quantitative estimate of drug-likeness (QED) is 0.356. The van der Waals surface area contributed by atoms with Crippen LogP contribution in [0, 0.1) is 11.6 Å². The van der Waals surface area contributed by atoms with Gasteiger partial charge in [-0.2, -0.15) is 0 Å². The van der Waals surface area contributed by atoms with E-state index in [9.17, 15) is 8.78 Å².